The predicted octanol–water partition coefficient (Wildman–Crippen LogP) is 1.41. The van der Waals surface area contributed by atoms with E-state index in [4.69, 9.17) is 4.74 Å². The summed E-state index contributed by atoms with van der Waals surface area (Å²) in [5.41, 5.74) is 1.68. The minimum Gasteiger partial charge on any atom is -0.450 e. The summed E-state index contributed by atoms with van der Waals surface area (Å²) < 4.78 is 4.99. The van der Waals surface area contributed by atoms with Gasteiger partial charge in [0.1, 0.15) is 0 Å². The van der Waals surface area contributed by atoms with Crippen LogP contribution in [0.15, 0.2) is 18.3 Å². The number of hydrogen-bond donors (Lipinski definition) is 1. The number of hydrogen-bond acceptors (Lipinski definition) is 5. The highest BCUT2D eigenvalue weighted by Gasteiger charge is 2.22. The van der Waals surface area contributed by atoms with Gasteiger partial charge in [-0.1, -0.05) is 0 Å². The molecule has 0 unspecified atom stereocenters. The molecule has 1 saturated heterocycles. The van der Waals surface area contributed by atoms with Crippen molar-refractivity contribution in [2.75, 3.05) is 37.7 Å². The molecule has 1 N–H and O–H groups in total. The second-order valence-corrected chi connectivity index (χ2v) is 4.79. The molecule has 6 heteroatoms. The molecule has 1 fully saturated rings. The fourth-order valence-electron chi connectivity index (χ4n) is 2.19. The van der Waals surface area contributed by atoms with E-state index in [1.807, 2.05) is 19.1 Å². The van der Waals surface area contributed by atoms with E-state index in [2.05, 4.69) is 9.88 Å². The van der Waals surface area contributed by atoms with Gasteiger partial charge in [0.05, 0.1) is 30.3 Å². The van der Waals surface area contributed by atoms with Crippen LogP contribution in [0, 0.1) is 0 Å². The van der Waals surface area contributed by atoms with Crippen molar-refractivity contribution in [3.05, 3.63) is 24.0 Å². The average molecular weight is 279 g/mol. The minimum absolute atomic E-state index is 0.241. The molecule has 110 valence electrons. The largest absolute Gasteiger partial charge is 0.450 e. The lowest BCUT2D eigenvalue weighted by atomic mass is 10.2. The Morgan fingerprint density at radius 3 is 2.60 bits per heavy atom. The van der Waals surface area contributed by atoms with E-state index in [1.54, 1.807) is 18.0 Å². The number of aliphatic hydroxyl groups excluding tert-OH is 1. The van der Waals surface area contributed by atoms with Gasteiger partial charge in [0.25, 0.3) is 0 Å². The van der Waals surface area contributed by atoms with Gasteiger partial charge in [-0.25, -0.2) is 4.79 Å². The highest BCUT2D eigenvalue weighted by Crippen LogP contribution is 2.18. The number of anilines is 1. The van der Waals surface area contributed by atoms with E-state index in [9.17, 15) is 9.90 Å². The molecule has 6 nitrogen and oxygen atoms in total. The van der Waals surface area contributed by atoms with Gasteiger partial charge in [0, 0.05) is 26.2 Å². The van der Waals surface area contributed by atoms with E-state index >= 15 is 0 Å². The van der Waals surface area contributed by atoms with Crippen LogP contribution >= 0.6 is 0 Å². The van der Waals surface area contributed by atoms with Crippen LogP contribution in [-0.2, 0) is 4.74 Å². The van der Waals surface area contributed by atoms with Crippen LogP contribution in [0.2, 0.25) is 0 Å². The first-order valence-corrected chi connectivity index (χ1v) is 6.92. The summed E-state index contributed by atoms with van der Waals surface area (Å²) >= 11 is 0. The molecule has 0 saturated carbocycles. The number of pyridine rings is 1. The normalized spacial score (nSPS) is 16.9. The van der Waals surface area contributed by atoms with Gasteiger partial charge in [-0.05, 0) is 26.0 Å². The van der Waals surface area contributed by atoms with E-state index < -0.39 is 6.10 Å². The Labute approximate surface area is 119 Å². The van der Waals surface area contributed by atoms with Crippen molar-refractivity contribution in [2.45, 2.75) is 20.0 Å². The highest BCUT2D eigenvalue weighted by molar-refractivity contribution is 5.68. The zero-order chi connectivity index (χ0) is 14.5. The number of aliphatic hydroxyl groups is 1. The zero-order valence-corrected chi connectivity index (χ0v) is 12.0. The monoisotopic (exact) mass is 279 g/mol. The summed E-state index contributed by atoms with van der Waals surface area (Å²) in [7, 11) is 0. The number of piperazine rings is 1. The summed E-state index contributed by atoms with van der Waals surface area (Å²) in [6.45, 7) is 6.73. The number of nitrogens with zero attached hydrogens (tertiary/aromatic N) is 3. The molecular formula is C14H21N3O3. The second kappa shape index (κ2) is 6.56. The summed E-state index contributed by atoms with van der Waals surface area (Å²) in [5, 5.41) is 9.44. The summed E-state index contributed by atoms with van der Waals surface area (Å²) in [4.78, 5) is 19.7. The van der Waals surface area contributed by atoms with Crippen molar-refractivity contribution >= 4 is 11.8 Å². The number of amides is 1. The first-order chi connectivity index (χ1) is 9.61. The molecule has 0 spiro atoms. The lowest BCUT2D eigenvalue weighted by molar-refractivity contribution is 0.105. The molecule has 1 aliphatic heterocycles. The molecule has 1 atom stereocenters. The molecule has 0 radical (unpaired) electrons. The Kier molecular flexibility index (Phi) is 4.79. The SMILES string of the molecule is CCOC(=O)N1CCN(c2ccc([C@H](C)O)nc2)CC1. The standard InChI is InChI=1S/C14H21N3O3/c1-3-20-14(19)17-8-6-16(7-9-17)12-4-5-13(11(2)18)15-10-12/h4-5,10-11,18H,3,6-9H2,1-2H3/t11-/m0/s1. The van der Waals surface area contributed by atoms with Crippen molar-refractivity contribution in [1.29, 1.82) is 0 Å². The summed E-state index contributed by atoms with van der Waals surface area (Å²) in [5.74, 6) is 0. The molecule has 1 aromatic rings. The quantitative estimate of drug-likeness (QED) is 0.906. The summed E-state index contributed by atoms with van der Waals surface area (Å²) in [6, 6.07) is 3.78. The Balaban J connectivity index is 1.91. The van der Waals surface area contributed by atoms with Crippen molar-refractivity contribution in [3.63, 3.8) is 0 Å². The fraction of sp³-hybridized carbons (Fsp3) is 0.571. The van der Waals surface area contributed by atoms with Gasteiger partial charge in [0.15, 0.2) is 0 Å². The van der Waals surface area contributed by atoms with Gasteiger partial charge in [-0.3, -0.25) is 4.98 Å². The molecule has 0 aromatic carbocycles. The minimum atomic E-state index is -0.551. The molecule has 2 rings (SSSR count). The molecular weight excluding hydrogens is 258 g/mol. The van der Waals surface area contributed by atoms with Gasteiger partial charge < -0.3 is 19.6 Å². The fourth-order valence-corrected chi connectivity index (χ4v) is 2.19. The average Bonchev–Trinajstić information content (AvgIpc) is 2.48. The van der Waals surface area contributed by atoms with Crippen LogP contribution in [0.1, 0.15) is 25.6 Å². The van der Waals surface area contributed by atoms with Crippen LogP contribution in [0.25, 0.3) is 0 Å². The molecule has 1 aromatic heterocycles. The molecule has 0 bridgehead atoms. The van der Waals surface area contributed by atoms with Crippen molar-refractivity contribution < 1.29 is 14.6 Å². The maximum absolute atomic E-state index is 11.6. The molecule has 2 heterocycles. The van der Waals surface area contributed by atoms with E-state index in [0.717, 1.165) is 18.8 Å². The molecule has 1 amide bonds. The first-order valence-electron chi connectivity index (χ1n) is 6.92. The summed E-state index contributed by atoms with van der Waals surface area (Å²) in [6.07, 6.45) is 0.974. The highest BCUT2D eigenvalue weighted by atomic mass is 16.6. The number of rotatable bonds is 3. The van der Waals surface area contributed by atoms with E-state index in [-0.39, 0.29) is 6.09 Å². The third kappa shape index (κ3) is 3.39. The van der Waals surface area contributed by atoms with Gasteiger partial charge in [0.2, 0.25) is 0 Å². The van der Waals surface area contributed by atoms with Gasteiger partial charge in [-0.15, -0.1) is 0 Å². The second-order valence-electron chi connectivity index (χ2n) is 4.79. The Bertz CT molecular complexity index is 439. The van der Waals surface area contributed by atoms with Gasteiger partial charge in [-0.2, -0.15) is 0 Å². The number of carbonyl (C=O) groups excluding carboxylic acids is 1. The zero-order valence-electron chi connectivity index (χ0n) is 12.0. The van der Waals surface area contributed by atoms with Crippen LogP contribution in [0.4, 0.5) is 10.5 Å². The maximum Gasteiger partial charge on any atom is 0.409 e. The smallest absolute Gasteiger partial charge is 0.409 e. The number of aromatic nitrogens is 1. The van der Waals surface area contributed by atoms with Crippen molar-refractivity contribution in [1.82, 2.24) is 9.88 Å². The van der Waals surface area contributed by atoms with E-state index in [1.165, 1.54) is 0 Å². The number of ether oxygens (including phenoxy) is 1. The van der Waals surface area contributed by atoms with Crippen molar-refractivity contribution in [3.8, 4) is 0 Å². The van der Waals surface area contributed by atoms with Gasteiger partial charge >= 0.3 is 6.09 Å². The molecule has 1 aliphatic rings. The number of carbonyl (C=O) groups is 1. The van der Waals surface area contributed by atoms with Crippen LogP contribution < -0.4 is 4.90 Å². The molecule has 20 heavy (non-hydrogen) atoms. The Morgan fingerprint density at radius 2 is 2.10 bits per heavy atom. The first kappa shape index (κ1) is 14.6. The maximum atomic E-state index is 11.6. The lowest BCUT2D eigenvalue weighted by Gasteiger charge is -2.35. The Hall–Kier alpha value is -1.82. The predicted molar refractivity (Wildman–Crippen MR) is 75.7 cm³/mol. The van der Waals surface area contributed by atoms with Crippen LogP contribution in [0.5, 0.6) is 0 Å². The van der Waals surface area contributed by atoms with Crippen LogP contribution in [-0.4, -0.2) is 53.9 Å². The topological polar surface area (TPSA) is 65.9 Å². The Morgan fingerprint density at radius 1 is 1.40 bits per heavy atom. The van der Waals surface area contributed by atoms with E-state index in [0.29, 0.717) is 25.4 Å². The third-order valence-electron chi connectivity index (χ3n) is 3.37. The lowest BCUT2D eigenvalue weighted by Crippen LogP contribution is -2.49. The van der Waals surface area contributed by atoms with Crippen LogP contribution in [0.3, 0.4) is 0 Å². The molecule has 0 aliphatic carbocycles. The third-order valence-corrected chi connectivity index (χ3v) is 3.37. The van der Waals surface area contributed by atoms with Crippen molar-refractivity contribution in [2.24, 2.45) is 0 Å².